The van der Waals surface area contributed by atoms with E-state index in [9.17, 15) is 8.42 Å². The Bertz CT molecular complexity index is 808. The number of anilines is 3. The summed E-state index contributed by atoms with van der Waals surface area (Å²) in [4.78, 5) is 0. The average Bonchev–Trinajstić information content (AvgIpc) is 2.48. The molecule has 0 unspecified atom stereocenters. The maximum Gasteiger partial charge on any atom is 0.231 e. The zero-order chi connectivity index (χ0) is 17.0. The van der Waals surface area contributed by atoms with Gasteiger partial charge in [0.05, 0.1) is 11.9 Å². The second-order valence-electron chi connectivity index (χ2n) is 4.87. The van der Waals surface area contributed by atoms with Crippen LogP contribution in [0.1, 0.15) is 0 Å². The van der Waals surface area contributed by atoms with Crippen LogP contribution in [0.2, 0.25) is 5.02 Å². The molecular weight excluding hydrogens is 354 g/mol. The van der Waals surface area contributed by atoms with Gasteiger partial charge in [-0.2, -0.15) is 0 Å². The largest absolute Gasteiger partial charge is 0.332 e. The van der Waals surface area contributed by atoms with Crippen molar-refractivity contribution in [1.29, 1.82) is 0 Å². The van der Waals surface area contributed by atoms with Crippen molar-refractivity contribution >= 4 is 56.0 Å². The Morgan fingerprint density at radius 2 is 1.70 bits per heavy atom. The first-order valence-electron chi connectivity index (χ1n) is 6.63. The SMILES string of the molecule is CN(c1cccc(NC(=S)Nc2ccc(Cl)cc2)c1)S(C)(=O)=O. The highest BCUT2D eigenvalue weighted by Crippen LogP contribution is 2.21. The first kappa shape index (κ1) is 17.5. The molecule has 0 saturated heterocycles. The molecule has 0 atom stereocenters. The summed E-state index contributed by atoms with van der Waals surface area (Å²) in [6.45, 7) is 0. The molecule has 0 fully saturated rings. The first-order valence-corrected chi connectivity index (χ1v) is 9.27. The molecule has 0 aliphatic rings. The topological polar surface area (TPSA) is 61.4 Å². The van der Waals surface area contributed by atoms with Gasteiger partial charge in [0.2, 0.25) is 10.0 Å². The van der Waals surface area contributed by atoms with Crippen LogP contribution in [0.5, 0.6) is 0 Å². The minimum Gasteiger partial charge on any atom is -0.332 e. The molecule has 0 bridgehead atoms. The minimum absolute atomic E-state index is 0.395. The second-order valence-corrected chi connectivity index (χ2v) is 7.73. The predicted octanol–water partition coefficient (Wildman–Crippen LogP) is 3.54. The van der Waals surface area contributed by atoms with Crippen LogP contribution in [-0.4, -0.2) is 26.8 Å². The van der Waals surface area contributed by atoms with Crippen LogP contribution in [0.3, 0.4) is 0 Å². The summed E-state index contributed by atoms with van der Waals surface area (Å²) >= 11 is 11.1. The van der Waals surface area contributed by atoms with Crippen molar-refractivity contribution in [1.82, 2.24) is 0 Å². The average molecular weight is 370 g/mol. The van der Waals surface area contributed by atoms with Crippen LogP contribution in [-0.2, 0) is 10.0 Å². The highest BCUT2D eigenvalue weighted by molar-refractivity contribution is 7.92. The van der Waals surface area contributed by atoms with Gasteiger partial charge in [-0.25, -0.2) is 8.42 Å². The van der Waals surface area contributed by atoms with Crippen LogP contribution >= 0.6 is 23.8 Å². The van der Waals surface area contributed by atoms with E-state index < -0.39 is 10.0 Å². The van der Waals surface area contributed by atoms with Gasteiger partial charge in [-0.1, -0.05) is 17.7 Å². The fourth-order valence-electron chi connectivity index (χ4n) is 1.80. The fourth-order valence-corrected chi connectivity index (χ4v) is 2.66. The molecule has 0 saturated carbocycles. The van der Waals surface area contributed by atoms with Crippen LogP contribution in [0.25, 0.3) is 0 Å². The summed E-state index contributed by atoms with van der Waals surface area (Å²) in [7, 11) is -1.81. The molecule has 0 spiro atoms. The van der Waals surface area contributed by atoms with Crippen molar-refractivity contribution in [2.45, 2.75) is 0 Å². The normalized spacial score (nSPS) is 10.9. The zero-order valence-electron chi connectivity index (χ0n) is 12.6. The van der Waals surface area contributed by atoms with Crippen LogP contribution in [0, 0.1) is 0 Å². The van der Waals surface area contributed by atoms with Gasteiger partial charge < -0.3 is 10.6 Å². The lowest BCUT2D eigenvalue weighted by atomic mass is 10.3. The number of benzene rings is 2. The third-order valence-corrected chi connectivity index (χ3v) is 4.73. The highest BCUT2D eigenvalue weighted by Gasteiger charge is 2.12. The summed E-state index contributed by atoms with van der Waals surface area (Å²) in [6, 6.07) is 14.1. The lowest BCUT2D eigenvalue weighted by Crippen LogP contribution is -2.25. The third kappa shape index (κ3) is 5.09. The number of hydrogen-bond acceptors (Lipinski definition) is 3. The van der Waals surface area contributed by atoms with E-state index >= 15 is 0 Å². The van der Waals surface area contributed by atoms with E-state index in [-0.39, 0.29) is 0 Å². The molecule has 2 N–H and O–H groups in total. The monoisotopic (exact) mass is 369 g/mol. The Morgan fingerprint density at radius 3 is 2.30 bits per heavy atom. The summed E-state index contributed by atoms with van der Waals surface area (Å²) in [5.41, 5.74) is 2.03. The van der Waals surface area contributed by atoms with Crippen molar-refractivity contribution in [3.05, 3.63) is 53.6 Å². The first-order chi connectivity index (χ1) is 10.8. The molecule has 2 rings (SSSR count). The van der Waals surface area contributed by atoms with Crippen molar-refractivity contribution in [2.75, 3.05) is 28.2 Å². The van der Waals surface area contributed by atoms with Crippen LogP contribution in [0.4, 0.5) is 17.1 Å². The van der Waals surface area contributed by atoms with Gasteiger partial charge in [-0.3, -0.25) is 4.31 Å². The molecule has 23 heavy (non-hydrogen) atoms. The Balaban J connectivity index is 2.08. The van der Waals surface area contributed by atoms with Crippen LogP contribution in [0.15, 0.2) is 48.5 Å². The minimum atomic E-state index is -3.31. The number of nitrogens with one attached hydrogen (secondary N) is 2. The van der Waals surface area contributed by atoms with Gasteiger partial charge in [0.25, 0.3) is 0 Å². The lowest BCUT2D eigenvalue weighted by molar-refractivity contribution is 0.600. The molecule has 0 aliphatic carbocycles. The molecule has 2 aromatic carbocycles. The smallest absolute Gasteiger partial charge is 0.231 e. The van der Waals surface area contributed by atoms with Crippen molar-refractivity contribution in [3.63, 3.8) is 0 Å². The number of nitrogens with zero attached hydrogens (tertiary/aromatic N) is 1. The molecule has 122 valence electrons. The molecule has 5 nitrogen and oxygen atoms in total. The van der Waals surface area contributed by atoms with Crippen LogP contribution < -0.4 is 14.9 Å². The van der Waals surface area contributed by atoms with E-state index in [2.05, 4.69) is 10.6 Å². The van der Waals surface area contributed by atoms with Gasteiger partial charge >= 0.3 is 0 Å². The van der Waals surface area contributed by atoms with Gasteiger partial charge in [0, 0.05) is 23.4 Å². The Morgan fingerprint density at radius 1 is 1.09 bits per heavy atom. The van der Waals surface area contributed by atoms with E-state index in [0.29, 0.717) is 21.5 Å². The summed E-state index contributed by atoms with van der Waals surface area (Å²) in [5, 5.41) is 7.08. The molecule has 2 aromatic rings. The molecular formula is C15H16ClN3O2S2. The molecule has 8 heteroatoms. The van der Waals surface area contributed by atoms with Crippen molar-refractivity contribution in [2.24, 2.45) is 0 Å². The Labute approximate surface area is 146 Å². The number of sulfonamides is 1. The number of halogens is 1. The van der Waals surface area contributed by atoms with Gasteiger partial charge in [0.1, 0.15) is 0 Å². The number of thiocarbonyl (C=S) groups is 1. The van der Waals surface area contributed by atoms with Crippen molar-refractivity contribution < 1.29 is 8.42 Å². The Hall–Kier alpha value is -1.83. The van der Waals surface area contributed by atoms with Gasteiger partial charge in [0.15, 0.2) is 5.11 Å². The maximum atomic E-state index is 11.6. The van der Waals surface area contributed by atoms with E-state index in [1.165, 1.54) is 11.4 Å². The zero-order valence-corrected chi connectivity index (χ0v) is 15.0. The van der Waals surface area contributed by atoms with Gasteiger partial charge in [-0.05, 0) is 54.7 Å². The molecule has 0 amide bonds. The Kier molecular flexibility index (Phi) is 5.46. The van der Waals surface area contributed by atoms with Gasteiger partial charge in [-0.15, -0.1) is 0 Å². The highest BCUT2D eigenvalue weighted by atomic mass is 35.5. The fraction of sp³-hybridized carbons (Fsp3) is 0.133. The van der Waals surface area contributed by atoms with E-state index in [1.54, 1.807) is 36.4 Å². The summed E-state index contributed by atoms with van der Waals surface area (Å²) in [6.07, 6.45) is 1.15. The van der Waals surface area contributed by atoms with E-state index in [4.69, 9.17) is 23.8 Å². The molecule has 0 aromatic heterocycles. The quantitative estimate of drug-likeness (QED) is 0.807. The molecule has 0 aliphatic heterocycles. The third-order valence-electron chi connectivity index (χ3n) is 3.07. The maximum absolute atomic E-state index is 11.6. The standard InChI is InChI=1S/C15H16ClN3O2S2/c1-19(23(2,20)21)14-5-3-4-13(10-14)18-15(22)17-12-8-6-11(16)7-9-12/h3-10H,1-2H3,(H2,17,18,22). The van der Waals surface area contributed by atoms with E-state index in [0.717, 1.165) is 11.9 Å². The summed E-state index contributed by atoms with van der Waals surface area (Å²) < 4.78 is 24.4. The lowest BCUT2D eigenvalue weighted by Gasteiger charge is -2.18. The van der Waals surface area contributed by atoms with Crippen molar-refractivity contribution in [3.8, 4) is 0 Å². The van der Waals surface area contributed by atoms with E-state index in [1.807, 2.05) is 12.1 Å². The number of hydrogen-bond donors (Lipinski definition) is 2. The number of rotatable bonds is 4. The second kappa shape index (κ2) is 7.16. The molecule has 0 radical (unpaired) electrons. The predicted molar refractivity (Wildman–Crippen MR) is 101 cm³/mol. The molecule has 0 heterocycles. The summed E-state index contributed by atoms with van der Waals surface area (Å²) in [5.74, 6) is 0.